The van der Waals surface area contributed by atoms with E-state index in [9.17, 15) is 14.4 Å². The monoisotopic (exact) mass is 570 g/mol. The fraction of sp³-hybridized carbons (Fsp3) is 0.148. The molecule has 3 amide bonds. The first-order valence-electron chi connectivity index (χ1n) is 11.4. The van der Waals surface area contributed by atoms with Gasteiger partial charge in [0.1, 0.15) is 5.75 Å². The molecule has 2 aliphatic heterocycles. The van der Waals surface area contributed by atoms with Gasteiger partial charge in [0.2, 0.25) is 6.79 Å². The molecule has 3 aromatic carbocycles. The Labute approximate surface area is 232 Å². The molecule has 1 fully saturated rings. The lowest BCUT2D eigenvalue weighted by Crippen LogP contribution is -2.27. The summed E-state index contributed by atoms with van der Waals surface area (Å²) in [5, 5.41) is 3.25. The van der Waals surface area contributed by atoms with Gasteiger partial charge in [0.05, 0.1) is 11.4 Å². The van der Waals surface area contributed by atoms with E-state index in [1.807, 2.05) is 13.0 Å². The van der Waals surface area contributed by atoms with Crippen molar-refractivity contribution in [3.8, 4) is 17.2 Å². The Balaban J connectivity index is 1.23. The highest BCUT2D eigenvalue weighted by molar-refractivity contribution is 8.18. The lowest BCUT2D eigenvalue weighted by Gasteiger charge is -2.14. The SMILES string of the molecule is Cc1ccc(NC(=O)COc2cccc(/C=C3\SC(=O)N(Cc4cc5c(cc4Cl)OCO5)C3=O)c2)cc1Cl. The summed E-state index contributed by atoms with van der Waals surface area (Å²) < 4.78 is 16.3. The lowest BCUT2D eigenvalue weighted by atomic mass is 10.1. The number of aryl methyl sites for hydroxylation is 1. The quantitative estimate of drug-likeness (QED) is 0.334. The standard InChI is InChI=1S/C27H20Cl2N2O6S/c1-15-5-6-18(10-20(15)28)30-25(32)13-35-19-4-2-3-16(7-19)8-24-26(33)31(27(34)38-24)12-17-9-22-23(11-21(17)29)37-14-36-22/h2-11H,12-14H2,1H3,(H,30,32)/b24-8-. The van der Waals surface area contributed by atoms with Gasteiger partial charge in [-0.2, -0.15) is 0 Å². The molecule has 1 N–H and O–H groups in total. The Morgan fingerprint density at radius 3 is 2.66 bits per heavy atom. The number of hydrogen-bond acceptors (Lipinski definition) is 7. The van der Waals surface area contributed by atoms with E-state index in [2.05, 4.69) is 5.32 Å². The first-order valence-corrected chi connectivity index (χ1v) is 13.0. The molecular weight excluding hydrogens is 551 g/mol. The normalized spacial score (nSPS) is 15.3. The molecule has 0 atom stereocenters. The largest absolute Gasteiger partial charge is 0.484 e. The minimum absolute atomic E-state index is 0.00192. The van der Waals surface area contributed by atoms with Crippen LogP contribution in [-0.2, 0) is 16.1 Å². The average molecular weight is 571 g/mol. The molecule has 38 heavy (non-hydrogen) atoms. The summed E-state index contributed by atoms with van der Waals surface area (Å²) >= 11 is 13.3. The molecule has 194 valence electrons. The molecule has 8 nitrogen and oxygen atoms in total. The summed E-state index contributed by atoms with van der Waals surface area (Å²) in [5.74, 6) is 0.684. The first kappa shape index (κ1) is 26.0. The van der Waals surface area contributed by atoms with E-state index in [4.69, 9.17) is 37.4 Å². The number of amides is 3. The third-order valence-corrected chi connectivity index (χ3v) is 7.39. The van der Waals surface area contributed by atoms with E-state index < -0.39 is 11.1 Å². The maximum Gasteiger partial charge on any atom is 0.293 e. The van der Waals surface area contributed by atoms with Crippen LogP contribution in [0.1, 0.15) is 16.7 Å². The molecular formula is C27H20Cl2N2O6S. The number of imide groups is 1. The van der Waals surface area contributed by atoms with Crippen LogP contribution in [-0.4, -0.2) is 35.4 Å². The van der Waals surface area contributed by atoms with E-state index in [0.717, 1.165) is 22.2 Å². The van der Waals surface area contributed by atoms with Crippen molar-refractivity contribution in [1.29, 1.82) is 0 Å². The summed E-state index contributed by atoms with van der Waals surface area (Å²) in [4.78, 5) is 39.3. The van der Waals surface area contributed by atoms with Gasteiger partial charge in [0.15, 0.2) is 18.1 Å². The van der Waals surface area contributed by atoms with E-state index in [1.165, 1.54) is 0 Å². The number of nitrogens with zero attached hydrogens (tertiary/aromatic N) is 1. The van der Waals surface area contributed by atoms with Crippen LogP contribution in [0.2, 0.25) is 10.0 Å². The number of ether oxygens (including phenoxy) is 3. The van der Waals surface area contributed by atoms with Crippen molar-refractivity contribution < 1.29 is 28.6 Å². The third-order valence-electron chi connectivity index (χ3n) is 5.73. The fourth-order valence-electron chi connectivity index (χ4n) is 3.75. The molecule has 11 heteroatoms. The van der Waals surface area contributed by atoms with Crippen molar-refractivity contribution in [2.24, 2.45) is 0 Å². The number of anilines is 1. The molecule has 0 radical (unpaired) electrons. The third kappa shape index (κ3) is 5.75. The summed E-state index contributed by atoms with van der Waals surface area (Å²) in [5.41, 5.74) is 2.69. The fourth-order valence-corrected chi connectivity index (χ4v) is 4.98. The predicted octanol–water partition coefficient (Wildman–Crippen LogP) is 6.28. The van der Waals surface area contributed by atoms with Gasteiger partial charge >= 0.3 is 0 Å². The highest BCUT2D eigenvalue weighted by atomic mass is 35.5. The van der Waals surface area contributed by atoms with Gasteiger partial charge < -0.3 is 19.5 Å². The molecule has 0 bridgehead atoms. The van der Waals surface area contributed by atoms with Gasteiger partial charge in [0, 0.05) is 21.8 Å². The molecule has 3 aromatic rings. The van der Waals surface area contributed by atoms with Crippen LogP contribution in [0.5, 0.6) is 17.2 Å². The zero-order chi connectivity index (χ0) is 26.8. The smallest absolute Gasteiger partial charge is 0.293 e. The number of benzene rings is 3. The van der Waals surface area contributed by atoms with E-state index in [-0.39, 0.29) is 30.8 Å². The summed E-state index contributed by atoms with van der Waals surface area (Å²) in [6, 6.07) is 15.4. The van der Waals surface area contributed by atoms with Crippen LogP contribution < -0.4 is 19.5 Å². The highest BCUT2D eigenvalue weighted by Gasteiger charge is 2.35. The predicted molar refractivity (Wildman–Crippen MR) is 146 cm³/mol. The number of halogens is 2. The van der Waals surface area contributed by atoms with Crippen molar-refractivity contribution in [3.05, 3.63) is 86.2 Å². The number of hydrogen-bond donors (Lipinski definition) is 1. The maximum atomic E-state index is 13.0. The Hall–Kier alpha value is -3.66. The van der Waals surface area contributed by atoms with E-state index in [1.54, 1.807) is 54.6 Å². The molecule has 0 saturated carbocycles. The van der Waals surface area contributed by atoms with Crippen LogP contribution in [0.4, 0.5) is 10.5 Å². The second kappa shape index (κ2) is 11.0. The van der Waals surface area contributed by atoms with E-state index in [0.29, 0.717) is 44.1 Å². The number of carbonyl (C=O) groups is 3. The zero-order valence-electron chi connectivity index (χ0n) is 20.0. The van der Waals surface area contributed by atoms with Gasteiger partial charge in [-0.3, -0.25) is 19.3 Å². The minimum Gasteiger partial charge on any atom is -0.484 e. The Morgan fingerprint density at radius 1 is 1.08 bits per heavy atom. The number of rotatable bonds is 7. The number of nitrogens with one attached hydrogen (secondary N) is 1. The number of carbonyl (C=O) groups excluding carboxylic acids is 3. The summed E-state index contributed by atoms with van der Waals surface area (Å²) in [6.07, 6.45) is 1.60. The van der Waals surface area contributed by atoms with E-state index >= 15 is 0 Å². The molecule has 0 spiro atoms. The number of thioether (sulfide) groups is 1. The summed E-state index contributed by atoms with van der Waals surface area (Å²) in [6.45, 7) is 1.75. The average Bonchev–Trinajstić information content (AvgIpc) is 3.44. The lowest BCUT2D eigenvalue weighted by molar-refractivity contribution is -0.123. The van der Waals surface area contributed by atoms with Crippen LogP contribution in [0, 0.1) is 6.92 Å². The molecule has 1 saturated heterocycles. The Morgan fingerprint density at radius 2 is 1.87 bits per heavy atom. The van der Waals surface area contributed by atoms with Crippen molar-refractivity contribution in [2.75, 3.05) is 18.7 Å². The van der Waals surface area contributed by atoms with Crippen LogP contribution in [0.3, 0.4) is 0 Å². The highest BCUT2D eigenvalue weighted by Crippen LogP contribution is 2.39. The topological polar surface area (TPSA) is 94.2 Å². The van der Waals surface area contributed by atoms with Crippen molar-refractivity contribution >= 4 is 63.8 Å². The molecule has 0 unspecified atom stereocenters. The van der Waals surface area contributed by atoms with Gasteiger partial charge in [-0.1, -0.05) is 41.4 Å². The van der Waals surface area contributed by atoms with Gasteiger partial charge in [-0.25, -0.2) is 0 Å². The van der Waals surface area contributed by atoms with Crippen LogP contribution in [0.25, 0.3) is 6.08 Å². The van der Waals surface area contributed by atoms with Gasteiger partial charge in [0.25, 0.3) is 17.1 Å². The molecule has 2 heterocycles. The maximum absolute atomic E-state index is 13.0. The second-order valence-corrected chi connectivity index (χ2v) is 10.2. The van der Waals surface area contributed by atoms with Gasteiger partial charge in [-0.05, 0) is 71.8 Å². The summed E-state index contributed by atoms with van der Waals surface area (Å²) in [7, 11) is 0. The molecule has 5 rings (SSSR count). The Kier molecular flexibility index (Phi) is 7.51. The number of fused-ring (bicyclic) bond motifs is 1. The van der Waals surface area contributed by atoms with Crippen molar-refractivity contribution in [2.45, 2.75) is 13.5 Å². The molecule has 0 aliphatic carbocycles. The molecule has 0 aromatic heterocycles. The second-order valence-electron chi connectivity index (χ2n) is 8.44. The van der Waals surface area contributed by atoms with Crippen LogP contribution >= 0.6 is 35.0 Å². The first-order chi connectivity index (χ1) is 18.3. The molecule has 2 aliphatic rings. The van der Waals surface area contributed by atoms with Crippen molar-refractivity contribution in [1.82, 2.24) is 4.90 Å². The zero-order valence-corrected chi connectivity index (χ0v) is 22.3. The van der Waals surface area contributed by atoms with Gasteiger partial charge in [-0.15, -0.1) is 0 Å². The van der Waals surface area contributed by atoms with Crippen LogP contribution in [0.15, 0.2) is 59.5 Å². The minimum atomic E-state index is -0.434. The Bertz CT molecular complexity index is 1490. The van der Waals surface area contributed by atoms with Crippen molar-refractivity contribution in [3.63, 3.8) is 0 Å².